The second kappa shape index (κ2) is 4.29. The number of aliphatic hydroxyl groups excluding tert-OH is 1. The van der Waals surface area contributed by atoms with Crippen molar-refractivity contribution >= 4 is 15.7 Å². The van der Waals surface area contributed by atoms with Gasteiger partial charge < -0.3 is 10.8 Å². The number of nitrogen functional groups attached to an aromatic ring is 1. The van der Waals surface area contributed by atoms with Crippen LogP contribution in [-0.2, 0) is 10.0 Å². The van der Waals surface area contributed by atoms with E-state index in [2.05, 4.69) is 0 Å². The average molecular weight is 256 g/mol. The normalized spacial score (nSPS) is 18.0. The van der Waals surface area contributed by atoms with Gasteiger partial charge in [0.25, 0.3) is 0 Å². The van der Waals surface area contributed by atoms with Crippen LogP contribution in [0.25, 0.3) is 0 Å². The van der Waals surface area contributed by atoms with E-state index in [-0.39, 0.29) is 17.4 Å². The summed E-state index contributed by atoms with van der Waals surface area (Å²) in [4.78, 5) is 0.258. The van der Waals surface area contributed by atoms with E-state index in [0.717, 1.165) is 0 Å². The van der Waals surface area contributed by atoms with E-state index in [4.69, 9.17) is 10.8 Å². The van der Waals surface area contributed by atoms with Crippen molar-refractivity contribution in [2.24, 2.45) is 5.92 Å². The molecule has 0 radical (unpaired) electrons. The zero-order valence-electron chi connectivity index (χ0n) is 9.63. The largest absolute Gasteiger partial charge is 0.399 e. The van der Waals surface area contributed by atoms with Gasteiger partial charge in [0, 0.05) is 31.3 Å². The zero-order valence-corrected chi connectivity index (χ0v) is 10.4. The Morgan fingerprint density at radius 1 is 1.47 bits per heavy atom. The Bertz CT molecular complexity index is 522. The molecule has 94 valence electrons. The number of sulfonamides is 1. The van der Waals surface area contributed by atoms with Crippen LogP contribution in [0.1, 0.15) is 5.56 Å². The molecule has 1 heterocycles. The maximum Gasteiger partial charge on any atom is 0.243 e. The third kappa shape index (κ3) is 2.15. The molecule has 0 spiro atoms. The van der Waals surface area contributed by atoms with Crippen LogP contribution in [0.15, 0.2) is 23.1 Å². The van der Waals surface area contributed by atoms with E-state index in [1.165, 1.54) is 10.4 Å². The van der Waals surface area contributed by atoms with E-state index in [9.17, 15) is 8.42 Å². The van der Waals surface area contributed by atoms with E-state index in [0.29, 0.717) is 24.3 Å². The van der Waals surface area contributed by atoms with Crippen LogP contribution in [0.3, 0.4) is 0 Å². The van der Waals surface area contributed by atoms with Crippen LogP contribution in [0.4, 0.5) is 5.69 Å². The number of aliphatic hydroxyl groups is 1. The SMILES string of the molecule is Cc1ccc(N)cc1S(=O)(=O)N1CC(CO)C1. The molecule has 1 aliphatic rings. The topological polar surface area (TPSA) is 83.6 Å². The second-order valence-electron chi connectivity index (χ2n) is 4.40. The first-order valence-electron chi connectivity index (χ1n) is 5.42. The molecule has 0 unspecified atom stereocenters. The first-order valence-corrected chi connectivity index (χ1v) is 6.86. The van der Waals surface area contributed by atoms with Gasteiger partial charge in [-0.15, -0.1) is 0 Å². The van der Waals surface area contributed by atoms with Crippen LogP contribution >= 0.6 is 0 Å². The minimum atomic E-state index is -3.46. The Hall–Kier alpha value is -1.11. The van der Waals surface area contributed by atoms with Gasteiger partial charge in [-0.2, -0.15) is 4.31 Å². The molecule has 0 aromatic heterocycles. The second-order valence-corrected chi connectivity index (χ2v) is 6.30. The van der Waals surface area contributed by atoms with E-state index < -0.39 is 10.0 Å². The molecule has 1 aromatic carbocycles. The number of anilines is 1. The fourth-order valence-electron chi connectivity index (χ4n) is 1.87. The van der Waals surface area contributed by atoms with Gasteiger partial charge in [0.15, 0.2) is 0 Å². The number of hydrogen-bond acceptors (Lipinski definition) is 4. The summed E-state index contributed by atoms with van der Waals surface area (Å²) in [7, 11) is -3.46. The third-order valence-corrected chi connectivity index (χ3v) is 4.99. The quantitative estimate of drug-likeness (QED) is 0.756. The first-order chi connectivity index (χ1) is 7.95. The van der Waals surface area contributed by atoms with E-state index >= 15 is 0 Å². The molecule has 0 aliphatic carbocycles. The molecule has 0 atom stereocenters. The molecule has 3 N–H and O–H groups in total. The Morgan fingerprint density at radius 2 is 2.12 bits per heavy atom. The van der Waals surface area contributed by atoms with Crippen LogP contribution in [0.2, 0.25) is 0 Å². The van der Waals surface area contributed by atoms with Gasteiger partial charge in [0.05, 0.1) is 4.90 Å². The highest BCUT2D eigenvalue weighted by Gasteiger charge is 2.36. The van der Waals surface area contributed by atoms with Crippen LogP contribution in [-0.4, -0.2) is 37.5 Å². The zero-order chi connectivity index (χ0) is 12.6. The molecular formula is C11H16N2O3S. The molecule has 1 aliphatic heterocycles. The third-order valence-electron chi connectivity index (χ3n) is 3.01. The predicted octanol–water partition coefficient (Wildman–Crippen LogP) is 0.190. The van der Waals surface area contributed by atoms with Gasteiger partial charge in [-0.05, 0) is 24.6 Å². The van der Waals surface area contributed by atoms with Crippen molar-refractivity contribution in [3.63, 3.8) is 0 Å². The Balaban J connectivity index is 2.30. The van der Waals surface area contributed by atoms with Gasteiger partial charge in [-0.25, -0.2) is 8.42 Å². The molecule has 6 heteroatoms. The maximum absolute atomic E-state index is 12.2. The van der Waals surface area contributed by atoms with Crippen LogP contribution < -0.4 is 5.73 Å². The highest BCUT2D eigenvalue weighted by molar-refractivity contribution is 7.89. The molecule has 2 rings (SSSR count). The van der Waals surface area contributed by atoms with Crippen molar-refractivity contribution in [3.05, 3.63) is 23.8 Å². The van der Waals surface area contributed by atoms with Gasteiger partial charge in [0.1, 0.15) is 0 Å². The van der Waals surface area contributed by atoms with Crippen molar-refractivity contribution in [2.75, 3.05) is 25.4 Å². The Morgan fingerprint density at radius 3 is 2.71 bits per heavy atom. The summed E-state index contributed by atoms with van der Waals surface area (Å²) in [6, 6.07) is 4.86. The minimum absolute atomic E-state index is 0.0297. The number of rotatable bonds is 3. The molecular weight excluding hydrogens is 240 g/mol. The Labute approximate surface area is 101 Å². The van der Waals surface area contributed by atoms with Gasteiger partial charge in [0.2, 0.25) is 10.0 Å². The highest BCUT2D eigenvalue weighted by atomic mass is 32.2. The molecule has 1 aromatic rings. The summed E-state index contributed by atoms with van der Waals surface area (Å²) >= 11 is 0. The number of nitrogens with two attached hydrogens (primary N) is 1. The van der Waals surface area contributed by atoms with E-state index in [1.54, 1.807) is 19.1 Å². The molecule has 0 amide bonds. The fourth-order valence-corrected chi connectivity index (χ4v) is 3.72. The molecule has 0 bridgehead atoms. The molecule has 0 saturated carbocycles. The summed E-state index contributed by atoms with van der Waals surface area (Å²) in [6.07, 6.45) is 0. The van der Waals surface area contributed by atoms with Gasteiger partial charge >= 0.3 is 0 Å². The molecule has 1 saturated heterocycles. The summed E-state index contributed by atoms with van der Waals surface area (Å²) in [6.45, 7) is 2.54. The number of hydrogen-bond donors (Lipinski definition) is 2. The van der Waals surface area contributed by atoms with E-state index in [1.807, 2.05) is 0 Å². The lowest BCUT2D eigenvalue weighted by atomic mass is 10.1. The van der Waals surface area contributed by atoms with Crippen molar-refractivity contribution in [3.8, 4) is 0 Å². The lowest BCUT2D eigenvalue weighted by molar-refractivity contribution is 0.117. The van der Waals surface area contributed by atoms with Crippen LogP contribution in [0, 0.1) is 12.8 Å². The number of nitrogens with zero attached hydrogens (tertiary/aromatic N) is 1. The summed E-state index contributed by atoms with van der Waals surface area (Å²) < 4.78 is 25.8. The Kier molecular flexibility index (Phi) is 3.11. The molecule has 17 heavy (non-hydrogen) atoms. The summed E-state index contributed by atoms with van der Waals surface area (Å²) in [5.41, 5.74) is 6.74. The van der Waals surface area contributed by atoms with Crippen molar-refractivity contribution in [2.45, 2.75) is 11.8 Å². The monoisotopic (exact) mass is 256 g/mol. The van der Waals surface area contributed by atoms with Crippen molar-refractivity contribution in [1.82, 2.24) is 4.31 Å². The first kappa shape index (κ1) is 12.3. The minimum Gasteiger partial charge on any atom is -0.399 e. The maximum atomic E-state index is 12.2. The molecule has 1 fully saturated rings. The van der Waals surface area contributed by atoms with Gasteiger partial charge in [-0.1, -0.05) is 6.07 Å². The lowest BCUT2D eigenvalue weighted by Crippen LogP contribution is -2.51. The molecule has 5 nitrogen and oxygen atoms in total. The van der Waals surface area contributed by atoms with Crippen LogP contribution in [0.5, 0.6) is 0 Å². The number of aryl methyl sites for hydroxylation is 1. The van der Waals surface area contributed by atoms with Gasteiger partial charge in [-0.3, -0.25) is 0 Å². The summed E-state index contributed by atoms with van der Waals surface area (Å²) in [5, 5.41) is 8.90. The van der Waals surface area contributed by atoms with Crippen molar-refractivity contribution < 1.29 is 13.5 Å². The highest BCUT2D eigenvalue weighted by Crippen LogP contribution is 2.27. The average Bonchev–Trinajstić information content (AvgIpc) is 2.19. The summed E-state index contributed by atoms with van der Waals surface area (Å²) in [5.74, 6) is 0.0612. The lowest BCUT2D eigenvalue weighted by Gasteiger charge is -2.37. The smallest absolute Gasteiger partial charge is 0.243 e. The fraction of sp³-hybridized carbons (Fsp3) is 0.455. The predicted molar refractivity (Wildman–Crippen MR) is 64.9 cm³/mol. The van der Waals surface area contributed by atoms with Crippen molar-refractivity contribution in [1.29, 1.82) is 0 Å². The standard InChI is InChI=1S/C11H16N2O3S/c1-8-2-3-10(12)4-11(8)17(15,16)13-5-9(6-13)7-14/h2-4,9,14H,5-7,12H2,1H3. The number of benzene rings is 1.